The number of carbonyl (C=O) groups excluding carboxylic acids is 1. The number of carbonyl (C=O) groups is 1. The molecule has 1 aromatic rings. The van der Waals surface area contributed by atoms with E-state index in [9.17, 15) is 4.79 Å². The molecule has 0 radical (unpaired) electrons. The molecule has 0 spiro atoms. The maximum Gasteiger partial charge on any atom is 0.410 e. The first-order valence-corrected chi connectivity index (χ1v) is 7.57. The van der Waals surface area contributed by atoms with Crippen LogP contribution in [0, 0.1) is 0 Å². The summed E-state index contributed by atoms with van der Waals surface area (Å²) in [6.07, 6.45) is -0.264. The number of benzene rings is 1. The molecular formula is C16H26N4O2. The number of ether oxygens (including phenoxy) is 1. The van der Waals surface area contributed by atoms with Crippen molar-refractivity contribution in [1.29, 1.82) is 0 Å². The average Bonchev–Trinajstić information content (AvgIpc) is 2.39. The third-order valence-corrected chi connectivity index (χ3v) is 3.71. The van der Waals surface area contributed by atoms with Crippen molar-refractivity contribution in [2.45, 2.75) is 39.3 Å². The van der Waals surface area contributed by atoms with Gasteiger partial charge in [-0.25, -0.2) is 4.79 Å². The summed E-state index contributed by atoms with van der Waals surface area (Å²) < 4.78 is 5.46. The molecule has 1 unspecified atom stereocenters. The lowest BCUT2D eigenvalue weighted by atomic mass is 10.1. The van der Waals surface area contributed by atoms with Crippen LogP contribution in [0.5, 0.6) is 0 Å². The summed E-state index contributed by atoms with van der Waals surface area (Å²) in [6.45, 7) is 9.64. The molecule has 1 aliphatic heterocycles. The van der Waals surface area contributed by atoms with Crippen LogP contribution in [0.3, 0.4) is 0 Å². The highest BCUT2D eigenvalue weighted by atomic mass is 16.6. The molecule has 4 N–H and O–H groups in total. The molecule has 1 atom stereocenters. The van der Waals surface area contributed by atoms with Gasteiger partial charge < -0.3 is 26.0 Å². The quantitative estimate of drug-likeness (QED) is 0.778. The van der Waals surface area contributed by atoms with Crippen LogP contribution in [0.1, 0.15) is 27.7 Å². The zero-order chi connectivity index (χ0) is 16.5. The molecular weight excluding hydrogens is 280 g/mol. The maximum absolute atomic E-state index is 12.2. The highest BCUT2D eigenvalue weighted by Crippen LogP contribution is 2.30. The first-order valence-electron chi connectivity index (χ1n) is 7.57. The van der Waals surface area contributed by atoms with Gasteiger partial charge in [0, 0.05) is 25.7 Å². The van der Waals surface area contributed by atoms with Crippen LogP contribution in [0.15, 0.2) is 18.2 Å². The Hall–Kier alpha value is -2.11. The number of piperazine rings is 1. The van der Waals surface area contributed by atoms with Gasteiger partial charge >= 0.3 is 6.09 Å². The van der Waals surface area contributed by atoms with Crippen molar-refractivity contribution in [2.24, 2.45) is 0 Å². The van der Waals surface area contributed by atoms with Gasteiger partial charge in [-0.15, -0.1) is 0 Å². The van der Waals surface area contributed by atoms with Gasteiger partial charge in [0.1, 0.15) is 5.60 Å². The number of amides is 1. The van der Waals surface area contributed by atoms with Crippen LogP contribution in [0.4, 0.5) is 21.9 Å². The van der Waals surface area contributed by atoms with Gasteiger partial charge in [0.2, 0.25) is 0 Å². The molecule has 22 heavy (non-hydrogen) atoms. The number of nitrogen functional groups attached to an aromatic ring is 2. The van der Waals surface area contributed by atoms with E-state index in [1.807, 2.05) is 39.8 Å². The van der Waals surface area contributed by atoms with Crippen LogP contribution in [-0.4, -0.2) is 42.3 Å². The highest BCUT2D eigenvalue weighted by Gasteiger charge is 2.31. The molecule has 6 heteroatoms. The van der Waals surface area contributed by atoms with Crippen LogP contribution in [0.25, 0.3) is 0 Å². The average molecular weight is 306 g/mol. The van der Waals surface area contributed by atoms with Gasteiger partial charge in [-0.2, -0.15) is 0 Å². The molecule has 1 amide bonds. The van der Waals surface area contributed by atoms with E-state index in [-0.39, 0.29) is 12.1 Å². The fourth-order valence-electron chi connectivity index (χ4n) is 2.61. The summed E-state index contributed by atoms with van der Waals surface area (Å²) in [5.41, 5.74) is 13.6. The fraction of sp³-hybridized carbons (Fsp3) is 0.562. The van der Waals surface area contributed by atoms with Gasteiger partial charge in [-0.3, -0.25) is 0 Å². The smallest absolute Gasteiger partial charge is 0.410 e. The molecule has 0 aliphatic carbocycles. The highest BCUT2D eigenvalue weighted by molar-refractivity contribution is 5.80. The van der Waals surface area contributed by atoms with E-state index in [2.05, 4.69) is 4.90 Å². The van der Waals surface area contributed by atoms with Gasteiger partial charge in [0.15, 0.2) is 0 Å². The molecule has 1 heterocycles. The summed E-state index contributed by atoms with van der Waals surface area (Å²) in [5, 5.41) is 0. The Bertz CT molecular complexity index is 554. The van der Waals surface area contributed by atoms with Gasteiger partial charge in [0.25, 0.3) is 0 Å². The van der Waals surface area contributed by atoms with E-state index in [1.54, 1.807) is 11.0 Å². The number of para-hydroxylation sites is 1. The Kier molecular flexibility index (Phi) is 4.39. The van der Waals surface area contributed by atoms with Crippen molar-refractivity contribution in [3.05, 3.63) is 18.2 Å². The molecule has 1 fully saturated rings. The molecule has 1 aromatic carbocycles. The Labute approximate surface area is 132 Å². The van der Waals surface area contributed by atoms with E-state index >= 15 is 0 Å². The summed E-state index contributed by atoms with van der Waals surface area (Å²) in [7, 11) is 0. The Balaban J connectivity index is 2.07. The standard InChI is InChI=1S/C16H26N4O2/c1-11-10-19(13-7-5-6-12(17)14(13)18)8-9-20(11)15(21)22-16(2,3)4/h5-7,11H,8-10,17-18H2,1-4H3. The molecule has 122 valence electrons. The van der Waals surface area contributed by atoms with Crippen molar-refractivity contribution in [3.8, 4) is 0 Å². The first kappa shape index (κ1) is 16.3. The van der Waals surface area contributed by atoms with E-state index in [4.69, 9.17) is 16.2 Å². The SMILES string of the molecule is CC1CN(c2cccc(N)c2N)CCN1C(=O)OC(C)(C)C. The minimum absolute atomic E-state index is 0.0458. The first-order chi connectivity index (χ1) is 10.2. The normalized spacial score (nSPS) is 19.2. The second kappa shape index (κ2) is 5.94. The predicted octanol–water partition coefficient (Wildman–Crippen LogP) is 2.30. The molecule has 1 saturated heterocycles. The lowest BCUT2D eigenvalue weighted by Crippen LogP contribution is -2.55. The summed E-state index contributed by atoms with van der Waals surface area (Å²) in [4.78, 5) is 16.2. The van der Waals surface area contributed by atoms with E-state index in [1.165, 1.54) is 0 Å². The third kappa shape index (κ3) is 3.55. The number of anilines is 3. The number of hydrogen-bond acceptors (Lipinski definition) is 5. The monoisotopic (exact) mass is 306 g/mol. The van der Waals surface area contributed by atoms with Crippen LogP contribution in [0.2, 0.25) is 0 Å². The number of nitrogens with two attached hydrogens (primary N) is 2. The molecule has 1 aliphatic rings. The van der Waals surface area contributed by atoms with Crippen LogP contribution < -0.4 is 16.4 Å². The molecule has 2 rings (SSSR count). The predicted molar refractivity (Wildman–Crippen MR) is 89.9 cm³/mol. The Morgan fingerprint density at radius 1 is 1.27 bits per heavy atom. The van der Waals surface area contributed by atoms with Crippen molar-refractivity contribution < 1.29 is 9.53 Å². The van der Waals surface area contributed by atoms with E-state index in [0.29, 0.717) is 31.0 Å². The zero-order valence-electron chi connectivity index (χ0n) is 13.8. The number of hydrogen-bond donors (Lipinski definition) is 2. The van der Waals surface area contributed by atoms with Crippen LogP contribution in [-0.2, 0) is 4.74 Å². The lowest BCUT2D eigenvalue weighted by Gasteiger charge is -2.41. The van der Waals surface area contributed by atoms with E-state index < -0.39 is 5.60 Å². The fourth-order valence-corrected chi connectivity index (χ4v) is 2.61. The molecule has 0 bridgehead atoms. The minimum Gasteiger partial charge on any atom is -0.444 e. The Morgan fingerprint density at radius 3 is 2.55 bits per heavy atom. The van der Waals surface area contributed by atoms with Gasteiger partial charge in [0.05, 0.1) is 17.1 Å². The van der Waals surface area contributed by atoms with Crippen molar-refractivity contribution >= 4 is 23.2 Å². The summed E-state index contributed by atoms with van der Waals surface area (Å²) >= 11 is 0. The molecule has 0 saturated carbocycles. The summed E-state index contributed by atoms with van der Waals surface area (Å²) in [6, 6.07) is 5.69. The maximum atomic E-state index is 12.2. The minimum atomic E-state index is -0.480. The largest absolute Gasteiger partial charge is 0.444 e. The number of rotatable bonds is 1. The third-order valence-electron chi connectivity index (χ3n) is 3.71. The molecule has 0 aromatic heterocycles. The topological polar surface area (TPSA) is 84.8 Å². The van der Waals surface area contributed by atoms with Crippen LogP contribution >= 0.6 is 0 Å². The summed E-state index contributed by atoms with van der Waals surface area (Å²) in [5.74, 6) is 0. The zero-order valence-corrected chi connectivity index (χ0v) is 13.8. The lowest BCUT2D eigenvalue weighted by molar-refractivity contribution is 0.0159. The Morgan fingerprint density at radius 2 is 1.95 bits per heavy atom. The second-order valence-electron chi connectivity index (χ2n) is 6.75. The number of nitrogens with zero attached hydrogens (tertiary/aromatic N) is 2. The van der Waals surface area contributed by atoms with Crippen molar-refractivity contribution in [3.63, 3.8) is 0 Å². The van der Waals surface area contributed by atoms with Crippen molar-refractivity contribution in [1.82, 2.24) is 4.90 Å². The van der Waals surface area contributed by atoms with Crippen molar-refractivity contribution in [2.75, 3.05) is 36.0 Å². The van der Waals surface area contributed by atoms with Gasteiger partial charge in [-0.1, -0.05) is 6.07 Å². The molecule has 6 nitrogen and oxygen atoms in total. The van der Waals surface area contributed by atoms with E-state index in [0.717, 1.165) is 5.69 Å². The second-order valence-corrected chi connectivity index (χ2v) is 6.75. The van der Waals surface area contributed by atoms with Gasteiger partial charge in [-0.05, 0) is 39.8 Å².